The highest BCUT2D eigenvalue weighted by Crippen LogP contribution is 2.43. The number of aliphatic hydroxyl groups is 1. The van der Waals surface area contributed by atoms with Crippen LogP contribution in [0.1, 0.15) is 142 Å². The molecule has 0 fully saturated rings. The Kier molecular flexibility index (Phi) is 40.6. The van der Waals surface area contributed by atoms with Crippen LogP contribution >= 0.6 is 7.82 Å². The lowest BCUT2D eigenvalue weighted by Crippen LogP contribution is -2.45. The van der Waals surface area contributed by atoms with Crippen molar-refractivity contribution in [3.63, 3.8) is 0 Å². The molecule has 0 aromatic heterocycles. The van der Waals surface area contributed by atoms with Gasteiger partial charge < -0.3 is 19.8 Å². The molecule has 3 atom stereocenters. The molecule has 3 N–H and O–H groups in total. The van der Waals surface area contributed by atoms with Crippen molar-refractivity contribution in [2.45, 2.75) is 154 Å². The van der Waals surface area contributed by atoms with Crippen LogP contribution in [0.3, 0.4) is 0 Å². The van der Waals surface area contributed by atoms with Crippen LogP contribution in [0.15, 0.2) is 134 Å². The quantitative estimate of drug-likeness (QED) is 0.0245. The van der Waals surface area contributed by atoms with Gasteiger partial charge in [-0.15, -0.1) is 0 Å². The third-order valence-electron chi connectivity index (χ3n) is 9.35. The van der Waals surface area contributed by atoms with E-state index < -0.39 is 20.0 Å². The van der Waals surface area contributed by atoms with Crippen LogP contribution in [-0.4, -0.2) is 73.4 Å². The van der Waals surface area contributed by atoms with Gasteiger partial charge in [-0.25, -0.2) is 4.57 Å². The van der Waals surface area contributed by atoms with Gasteiger partial charge in [-0.2, -0.15) is 0 Å². The van der Waals surface area contributed by atoms with Gasteiger partial charge in [0.1, 0.15) is 13.2 Å². The minimum absolute atomic E-state index is 0.0368. The number of quaternary nitrogens is 1. The highest BCUT2D eigenvalue weighted by atomic mass is 31.2. The second kappa shape index (κ2) is 42.9. The minimum atomic E-state index is -4.37. The van der Waals surface area contributed by atoms with E-state index in [-0.39, 0.29) is 25.5 Å². The van der Waals surface area contributed by atoms with E-state index in [0.29, 0.717) is 17.4 Å². The van der Waals surface area contributed by atoms with Gasteiger partial charge in [0, 0.05) is 6.42 Å². The summed E-state index contributed by atoms with van der Waals surface area (Å²) in [5, 5.41) is 13.7. The number of allylic oxidation sites excluding steroid dienone is 21. The molecule has 0 aliphatic rings. The van der Waals surface area contributed by atoms with E-state index in [9.17, 15) is 19.4 Å². The molecule has 3 unspecified atom stereocenters. The molecule has 350 valence electrons. The lowest BCUT2D eigenvalue weighted by Gasteiger charge is -2.25. The number of nitrogens with one attached hydrogen (secondary N) is 1. The van der Waals surface area contributed by atoms with Gasteiger partial charge in [-0.1, -0.05) is 173 Å². The topological polar surface area (TPSA) is 105 Å². The van der Waals surface area contributed by atoms with E-state index >= 15 is 0 Å². The Morgan fingerprint density at radius 2 is 0.984 bits per heavy atom. The average molecular weight is 880 g/mol. The first-order chi connectivity index (χ1) is 30.0. The van der Waals surface area contributed by atoms with Crippen LogP contribution in [0.25, 0.3) is 0 Å². The van der Waals surface area contributed by atoms with Crippen LogP contribution in [-0.2, 0) is 18.4 Å². The maximum absolute atomic E-state index is 12.8. The molecule has 0 rings (SSSR count). The van der Waals surface area contributed by atoms with Crippen LogP contribution in [0.4, 0.5) is 0 Å². The van der Waals surface area contributed by atoms with Gasteiger partial charge in [-0.3, -0.25) is 13.8 Å². The Morgan fingerprint density at radius 1 is 0.565 bits per heavy atom. The Labute approximate surface area is 379 Å². The Balaban J connectivity index is 4.44. The summed E-state index contributed by atoms with van der Waals surface area (Å²) < 4.78 is 23.5. The molecule has 0 aromatic rings. The molecule has 0 aliphatic heterocycles. The monoisotopic (exact) mass is 880 g/mol. The standard InChI is InChI=1S/C53H87N2O6P/c1-6-8-10-12-14-16-18-19-20-21-22-23-24-25-26-27-28-29-30-31-32-33-34-35-37-39-41-43-45-47-53(57)54-51(50-61-62(58,59)60-49-48-55(3,4)5)52(56)46-44-42-40-38-36-17-15-13-11-9-7-2/h8,10,14,16,19-20,22-23,25-26,28-29,31-32,34-36,38-39,41,44,46,51-52,56H,6-7,9,11-13,15,17-18,21,24,27,30,33,37,40,42-43,45,47-50H2,1-5H3,(H-,54,57,58,59)/p+1/b10-8-,16-14-,20-19-,23-22-,26-25-,29-28-,32-31-,35-34-,38-36+,41-39-,46-44+. The van der Waals surface area contributed by atoms with Crippen molar-refractivity contribution in [2.24, 2.45) is 0 Å². The summed E-state index contributed by atoms with van der Waals surface area (Å²) in [5.41, 5.74) is 0. The fourth-order valence-electron chi connectivity index (χ4n) is 5.64. The molecule has 0 spiro atoms. The van der Waals surface area contributed by atoms with Crippen molar-refractivity contribution < 1.29 is 32.9 Å². The normalized spacial score (nSPS) is 15.4. The zero-order valence-electron chi connectivity index (χ0n) is 39.5. The summed E-state index contributed by atoms with van der Waals surface area (Å²) in [6.07, 6.45) is 65.5. The predicted octanol–water partition coefficient (Wildman–Crippen LogP) is 13.6. The molecule has 62 heavy (non-hydrogen) atoms. The van der Waals surface area contributed by atoms with Crippen molar-refractivity contribution in [1.29, 1.82) is 0 Å². The summed E-state index contributed by atoms with van der Waals surface area (Å²) in [5.74, 6) is -0.254. The lowest BCUT2D eigenvalue weighted by atomic mass is 10.1. The van der Waals surface area contributed by atoms with E-state index in [1.807, 2.05) is 27.2 Å². The van der Waals surface area contributed by atoms with E-state index in [1.54, 1.807) is 6.08 Å². The summed E-state index contributed by atoms with van der Waals surface area (Å²) in [6.45, 7) is 4.56. The van der Waals surface area contributed by atoms with Gasteiger partial charge in [0.2, 0.25) is 5.91 Å². The molecule has 1 amide bonds. The minimum Gasteiger partial charge on any atom is -0.387 e. The molecule has 0 saturated heterocycles. The summed E-state index contributed by atoms with van der Waals surface area (Å²) in [4.78, 5) is 23.1. The number of carbonyl (C=O) groups is 1. The number of hydrogen-bond acceptors (Lipinski definition) is 5. The van der Waals surface area contributed by atoms with Crippen LogP contribution in [0.5, 0.6) is 0 Å². The van der Waals surface area contributed by atoms with Crippen LogP contribution < -0.4 is 5.32 Å². The number of phosphoric ester groups is 1. The van der Waals surface area contributed by atoms with Gasteiger partial charge in [0.05, 0.1) is 39.9 Å². The molecule has 0 aromatic carbocycles. The van der Waals surface area contributed by atoms with Gasteiger partial charge in [-0.05, 0) is 96.3 Å². The Hall–Kier alpha value is -3.36. The van der Waals surface area contributed by atoms with Crippen LogP contribution in [0, 0.1) is 0 Å². The fraction of sp³-hybridized carbons (Fsp3) is 0.566. The highest BCUT2D eigenvalue weighted by molar-refractivity contribution is 7.47. The molecular formula is C53H88N2O6P+. The highest BCUT2D eigenvalue weighted by Gasteiger charge is 2.27. The number of hydrogen-bond donors (Lipinski definition) is 3. The summed E-state index contributed by atoms with van der Waals surface area (Å²) in [7, 11) is 1.49. The summed E-state index contributed by atoms with van der Waals surface area (Å²) in [6, 6.07) is -0.903. The molecular weight excluding hydrogens is 792 g/mol. The predicted molar refractivity (Wildman–Crippen MR) is 267 cm³/mol. The Morgan fingerprint density at radius 3 is 1.47 bits per heavy atom. The summed E-state index contributed by atoms with van der Waals surface area (Å²) >= 11 is 0. The first-order valence-electron chi connectivity index (χ1n) is 23.6. The maximum Gasteiger partial charge on any atom is 0.472 e. The van der Waals surface area contributed by atoms with Crippen molar-refractivity contribution in [3.8, 4) is 0 Å². The zero-order chi connectivity index (χ0) is 45.7. The smallest absolute Gasteiger partial charge is 0.387 e. The third-order valence-corrected chi connectivity index (χ3v) is 10.3. The van der Waals surface area contributed by atoms with E-state index in [0.717, 1.165) is 83.5 Å². The molecule has 8 nitrogen and oxygen atoms in total. The Bertz CT molecular complexity index is 1460. The molecule has 9 heteroatoms. The largest absolute Gasteiger partial charge is 0.472 e. The number of nitrogens with zero attached hydrogens (tertiary/aromatic N) is 1. The van der Waals surface area contributed by atoms with Crippen molar-refractivity contribution in [2.75, 3.05) is 40.9 Å². The third kappa shape index (κ3) is 44.7. The second-order valence-electron chi connectivity index (χ2n) is 16.4. The number of carbonyl (C=O) groups excluding carboxylic acids is 1. The molecule has 0 heterocycles. The van der Waals surface area contributed by atoms with Crippen molar-refractivity contribution in [1.82, 2.24) is 5.32 Å². The van der Waals surface area contributed by atoms with E-state index in [4.69, 9.17) is 9.05 Å². The van der Waals surface area contributed by atoms with E-state index in [1.165, 1.54) is 32.1 Å². The number of unbranched alkanes of at least 4 members (excludes halogenated alkanes) is 7. The zero-order valence-corrected chi connectivity index (χ0v) is 40.4. The van der Waals surface area contributed by atoms with E-state index in [2.05, 4.69) is 141 Å². The second-order valence-corrected chi connectivity index (χ2v) is 17.8. The number of aliphatic hydroxyl groups excluding tert-OH is 1. The SMILES string of the molecule is CC/C=C\C/C=C\C/C=C\C/C=C\C/C=C\C/C=C\C/C=C\C/C=C\C/C=C\CCCC(=O)NC(COP(=O)(O)OCC[N+](C)(C)C)C(O)/C=C/CC/C=C/CCCCCCC. The first kappa shape index (κ1) is 58.6. The van der Waals surface area contributed by atoms with Crippen LogP contribution in [0.2, 0.25) is 0 Å². The van der Waals surface area contributed by atoms with Crippen molar-refractivity contribution in [3.05, 3.63) is 134 Å². The molecule has 0 saturated carbocycles. The first-order valence-corrected chi connectivity index (χ1v) is 25.1. The number of likely N-dealkylation sites (N-methyl/N-ethyl adjacent to an activating group) is 1. The number of amides is 1. The molecule has 0 bridgehead atoms. The van der Waals surface area contributed by atoms with Crippen molar-refractivity contribution >= 4 is 13.7 Å². The number of rotatable bonds is 40. The molecule has 0 aliphatic carbocycles. The van der Waals surface area contributed by atoms with Gasteiger partial charge >= 0.3 is 7.82 Å². The number of phosphoric acid groups is 1. The van der Waals surface area contributed by atoms with Gasteiger partial charge in [0.25, 0.3) is 0 Å². The molecule has 0 radical (unpaired) electrons. The van der Waals surface area contributed by atoms with Gasteiger partial charge in [0.15, 0.2) is 0 Å². The maximum atomic E-state index is 12.8. The average Bonchev–Trinajstić information content (AvgIpc) is 3.23. The fourth-order valence-corrected chi connectivity index (χ4v) is 6.38. The lowest BCUT2D eigenvalue weighted by molar-refractivity contribution is -0.870.